The van der Waals surface area contributed by atoms with Crippen molar-refractivity contribution in [2.24, 2.45) is 0 Å². The fourth-order valence-electron chi connectivity index (χ4n) is 2.67. The molecule has 1 aromatic heterocycles. The van der Waals surface area contributed by atoms with E-state index in [1.54, 1.807) is 0 Å². The molecule has 2 rings (SSSR count). The highest BCUT2D eigenvalue weighted by molar-refractivity contribution is 8.00. The number of hydrogen-bond acceptors (Lipinski definition) is 3. The minimum absolute atomic E-state index is 0.462. The second kappa shape index (κ2) is 6.11. The lowest BCUT2D eigenvalue weighted by molar-refractivity contribution is 0.504. The molecule has 4 heteroatoms. The number of hydrogen-bond donors (Lipinski definition) is 1. The molecular weight excluding hydrogens is 242 g/mol. The van der Waals surface area contributed by atoms with Gasteiger partial charge in [0.1, 0.15) is 0 Å². The number of aromatic nitrogens is 2. The average molecular weight is 267 g/mol. The predicted molar refractivity (Wildman–Crippen MR) is 78.9 cm³/mol. The van der Waals surface area contributed by atoms with Crippen LogP contribution in [0.4, 0.5) is 0 Å². The van der Waals surface area contributed by atoms with Gasteiger partial charge in [0.2, 0.25) is 0 Å². The average Bonchev–Trinajstić information content (AvgIpc) is 2.97. The lowest BCUT2D eigenvalue weighted by atomic mass is 10.1. The summed E-state index contributed by atoms with van der Waals surface area (Å²) in [4.78, 5) is 4.49. The van der Waals surface area contributed by atoms with Crippen LogP contribution in [0.25, 0.3) is 0 Å². The van der Waals surface area contributed by atoms with Crippen molar-refractivity contribution in [3.63, 3.8) is 0 Å². The smallest absolute Gasteiger partial charge is 0.0950 e. The van der Waals surface area contributed by atoms with Gasteiger partial charge in [0.15, 0.2) is 0 Å². The van der Waals surface area contributed by atoms with Crippen LogP contribution >= 0.6 is 11.8 Å². The first kappa shape index (κ1) is 13.9. The Kier molecular flexibility index (Phi) is 4.73. The van der Waals surface area contributed by atoms with E-state index in [-0.39, 0.29) is 0 Å². The van der Waals surface area contributed by atoms with Crippen LogP contribution in [-0.2, 0) is 13.1 Å². The Morgan fingerprint density at radius 1 is 1.44 bits per heavy atom. The summed E-state index contributed by atoms with van der Waals surface area (Å²) in [5, 5.41) is 3.41. The number of imidazole rings is 1. The van der Waals surface area contributed by atoms with Crippen molar-refractivity contribution in [1.29, 1.82) is 0 Å². The molecule has 0 aromatic carbocycles. The first-order valence-corrected chi connectivity index (χ1v) is 8.15. The van der Waals surface area contributed by atoms with Gasteiger partial charge in [-0.3, -0.25) is 0 Å². The molecule has 1 heterocycles. The molecule has 1 aromatic rings. The minimum atomic E-state index is 0.462. The molecule has 1 fully saturated rings. The SMILES string of the molecule is CSC1(Cn2cnc(CNC(C)C)c2)CCCC1. The monoisotopic (exact) mass is 267 g/mol. The van der Waals surface area contributed by atoms with Crippen LogP contribution in [0.2, 0.25) is 0 Å². The molecule has 1 N–H and O–H groups in total. The summed E-state index contributed by atoms with van der Waals surface area (Å²) < 4.78 is 2.74. The van der Waals surface area contributed by atoms with E-state index in [1.807, 2.05) is 18.1 Å². The number of thioether (sulfide) groups is 1. The van der Waals surface area contributed by atoms with Gasteiger partial charge in [0, 0.05) is 30.1 Å². The largest absolute Gasteiger partial charge is 0.336 e. The standard InChI is InChI=1S/C14H25N3S/c1-12(2)15-8-13-9-17(11-16-13)10-14(18-3)6-4-5-7-14/h9,11-12,15H,4-8,10H2,1-3H3. The van der Waals surface area contributed by atoms with E-state index in [1.165, 1.54) is 25.7 Å². The highest BCUT2D eigenvalue weighted by Crippen LogP contribution is 2.41. The van der Waals surface area contributed by atoms with Gasteiger partial charge in [-0.05, 0) is 19.1 Å². The van der Waals surface area contributed by atoms with Gasteiger partial charge in [-0.25, -0.2) is 4.98 Å². The van der Waals surface area contributed by atoms with Gasteiger partial charge in [-0.1, -0.05) is 26.7 Å². The molecule has 1 saturated carbocycles. The molecular formula is C14H25N3S. The Bertz CT molecular complexity index is 367. The van der Waals surface area contributed by atoms with Crippen molar-refractivity contribution in [1.82, 2.24) is 14.9 Å². The molecule has 0 aliphatic heterocycles. The number of rotatable bonds is 6. The molecule has 0 atom stereocenters. The van der Waals surface area contributed by atoms with E-state index in [2.05, 4.69) is 41.2 Å². The van der Waals surface area contributed by atoms with Crippen LogP contribution in [0.15, 0.2) is 12.5 Å². The van der Waals surface area contributed by atoms with E-state index < -0.39 is 0 Å². The Morgan fingerprint density at radius 2 is 2.17 bits per heavy atom. The molecule has 0 saturated heterocycles. The third kappa shape index (κ3) is 3.51. The van der Waals surface area contributed by atoms with E-state index in [0.717, 1.165) is 18.8 Å². The molecule has 0 spiro atoms. The highest BCUT2D eigenvalue weighted by Gasteiger charge is 2.33. The van der Waals surface area contributed by atoms with Crippen LogP contribution in [0.1, 0.15) is 45.2 Å². The maximum atomic E-state index is 4.49. The van der Waals surface area contributed by atoms with Gasteiger partial charge >= 0.3 is 0 Å². The third-order valence-electron chi connectivity index (χ3n) is 3.80. The first-order chi connectivity index (χ1) is 8.63. The Morgan fingerprint density at radius 3 is 2.78 bits per heavy atom. The molecule has 3 nitrogen and oxygen atoms in total. The number of nitrogens with zero attached hydrogens (tertiary/aromatic N) is 2. The molecule has 0 amide bonds. The quantitative estimate of drug-likeness (QED) is 0.859. The summed E-state index contributed by atoms with van der Waals surface area (Å²) >= 11 is 2.04. The summed E-state index contributed by atoms with van der Waals surface area (Å²) in [7, 11) is 0. The minimum Gasteiger partial charge on any atom is -0.336 e. The zero-order valence-electron chi connectivity index (χ0n) is 11.8. The van der Waals surface area contributed by atoms with Gasteiger partial charge in [-0.2, -0.15) is 11.8 Å². The summed E-state index contributed by atoms with van der Waals surface area (Å²) in [6, 6.07) is 0.516. The van der Waals surface area contributed by atoms with E-state index in [9.17, 15) is 0 Å². The molecule has 0 radical (unpaired) electrons. The zero-order valence-corrected chi connectivity index (χ0v) is 12.6. The van der Waals surface area contributed by atoms with Crippen molar-refractivity contribution >= 4 is 11.8 Å². The van der Waals surface area contributed by atoms with Crippen molar-refractivity contribution in [2.45, 2.75) is 63.4 Å². The second-order valence-corrected chi connectivity index (χ2v) is 6.94. The summed E-state index contributed by atoms with van der Waals surface area (Å²) in [5.41, 5.74) is 1.15. The Labute approximate surface area is 115 Å². The third-order valence-corrected chi connectivity index (χ3v) is 5.20. The fourth-order valence-corrected chi connectivity index (χ4v) is 3.65. The molecule has 0 unspecified atom stereocenters. The Balaban J connectivity index is 1.93. The van der Waals surface area contributed by atoms with Crippen LogP contribution in [0.3, 0.4) is 0 Å². The van der Waals surface area contributed by atoms with E-state index in [4.69, 9.17) is 0 Å². The van der Waals surface area contributed by atoms with Gasteiger partial charge in [-0.15, -0.1) is 0 Å². The summed E-state index contributed by atoms with van der Waals surface area (Å²) in [6.07, 6.45) is 11.9. The maximum Gasteiger partial charge on any atom is 0.0950 e. The van der Waals surface area contributed by atoms with Crippen LogP contribution < -0.4 is 5.32 Å². The first-order valence-electron chi connectivity index (χ1n) is 6.93. The predicted octanol–water partition coefficient (Wildman–Crippen LogP) is 3.06. The molecule has 1 aliphatic carbocycles. The maximum absolute atomic E-state index is 4.49. The van der Waals surface area contributed by atoms with Crippen LogP contribution in [0.5, 0.6) is 0 Å². The topological polar surface area (TPSA) is 29.9 Å². The Hall–Kier alpha value is -0.480. The van der Waals surface area contributed by atoms with Crippen LogP contribution in [0, 0.1) is 0 Å². The lowest BCUT2D eigenvalue weighted by Crippen LogP contribution is -2.26. The molecule has 102 valence electrons. The number of nitrogens with one attached hydrogen (secondary N) is 1. The summed E-state index contributed by atoms with van der Waals surface area (Å²) in [6.45, 7) is 6.32. The van der Waals surface area contributed by atoms with Crippen molar-refractivity contribution in [3.8, 4) is 0 Å². The van der Waals surface area contributed by atoms with E-state index >= 15 is 0 Å². The van der Waals surface area contributed by atoms with Gasteiger partial charge < -0.3 is 9.88 Å². The van der Waals surface area contributed by atoms with Crippen LogP contribution in [-0.4, -0.2) is 26.6 Å². The normalized spacial score (nSPS) is 18.7. The van der Waals surface area contributed by atoms with E-state index in [0.29, 0.717) is 10.8 Å². The zero-order chi connectivity index (χ0) is 13.0. The van der Waals surface area contributed by atoms with Crippen molar-refractivity contribution in [2.75, 3.05) is 6.26 Å². The molecule has 1 aliphatic rings. The lowest BCUT2D eigenvalue weighted by Gasteiger charge is -2.26. The van der Waals surface area contributed by atoms with Crippen molar-refractivity contribution in [3.05, 3.63) is 18.2 Å². The molecule has 18 heavy (non-hydrogen) atoms. The van der Waals surface area contributed by atoms with Crippen molar-refractivity contribution < 1.29 is 0 Å². The second-order valence-electron chi connectivity index (χ2n) is 5.67. The fraction of sp³-hybridized carbons (Fsp3) is 0.786. The van der Waals surface area contributed by atoms with Gasteiger partial charge in [0.25, 0.3) is 0 Å². The molecule has 0 bridgehead atoms. The summed E-state index contributed by atoms with van der Waals surface area (Å²) in [5.74, 6) is 0. The van der Waals surface area contributed by atoms with Gasteiger partial charge in [0.05, 0.1) is 12.0 Å². The highest BCUT2D eigenvalue weighted by atomic mass is 32.2.